The summed E-state index contributed by atoms with van der Waals surface area (Å²) >= 11 is 0. The van der Waals surface area contributed by atoms with Crippen LogP contribution in [-0.4, -0.2) is 21.1 Å². The van der Waals surface area contributed by atoms with Crippen LogP contribution in [0.2, 0.25) is 0 Å². The van der Waals surface area contributed by atoms with Gasteiger partial charge in [-0.05, 0) is 88.1 Å². The lowest BCUT2D eigenvalue weighted by Crippen LogP contribution is -2.24. The first-order valence-corrected chi connectivity index (χ1v) is 12.5. The van der Waals surface area contributed by atoms with Gasteiger partial charge in [-0.3, -0.25) is 0 Å². The van der Waals surface area contributed by atoms with E-state index in [4.69, 9.17) is 4.74 Å². The molecule has 0 radical (unpaired) electrons. The number of pyridine rings is 1. The topological polar surface area (TPSA) is 56.1 Å². The minimum atomic E-state index is -0.555. The second kappa shape index (κ2) is 8.85. The molecule has 174 valence electrons. The van der Waals surface area contributed by atoms with Gasteiger partial charge in [0.15, 0.2) is 0 Å². The van der Waals surface area contributed by atoms with Gasteiger partial charge < -0.3 is 14.6 Å². The van der Waals surface area contributed by atoms with Gasteiger partial charge in [0.25, 0.3) is 0 Å². The maximum absolute atomic E-state index is 13.0. The van der Waals surface area contributed by atoms with Crippen LogP contribution < -0.4 is 5.32 Å². The highest BCUT2D eigenvalue weighted by Crippen LogP contribution is 2.41. The second-order valence-corrected chi connectivity index (χ2v) is 10.8. The van der Waals surface area contributed by atoms with Crippen LogP contribution in [0.1, 0.15) is 87.6 Å². The van der Waals surface area contributed by atoms with Gasteiger partial charge >= 0.3 is 5.97 Å². The van der Waals surface area contributed by atoms with Crippen LogP contribution in [0.25, 0.3) is 10.9 Å². The Labute approximate surface area is 196 Å². The third-order valence-electron chi connectivity index (χ3n) is 6.82. The van der Waals surface area contributed by atoms with Crippen molar-refractivity contribution in [2.24, 2.45) is 5.92 Å². The van der Waals surface area contributed by atoms with Crippen molar-refractivity contribution in [1.29, 1.82) is 0 Å². The lowest BCUT2D eigenvalue weighted by atomic mass is 9.89. The highest BCUT2D eigenvalue weighted by atomic mass is 16.6. The van der Waals surface area contributed by atoms with Gasteiger partial charge in [0, 0.05) is 30.0 Å². The van der Waals surface area contributed by atoms with Gasteiger partial charge in [0.2, 0.25) is 0 Å². The Hall–Kier alpha value is -2.82. The monoisotopic (exact) mass is 445 g/mol. The zero-order chi connectivity index (χ0) is 23.0. The average molecular weight is 446 g/mol. The van der Waals surface area contributed by atoms with E-state index >= 15 is 0 Å². The summed E-state index contributed by atoms with van der Waals surface area (Å²) in [5.74, 6) is 1.51. The number of hydrogen-bond donors (Lipinski definition) is 1. The van der Waals surface area contributed by atoms with Gasteiger partial charge in [-0.15, -0.1) is 0 Å². The highest BCUT2D eigenvalue weighted by Gasteiger charge is 2.28. The number of fused-ring (bicyclic) bond motifs is 1. The van der Waals surface area contributed by atoms with E-state index in [0.29, 0.717) is 17.3 Å². The lowest BCUT2D eigenvalue weighted by Gasteiger charge is -2.22. The van der Waals surface area contributed by atoms with Gasteiger partial charge in [-0.2, -0.15) is 0 Å². The average Bonchev–Trinajstić information content (AvgIpc) is 3.55. The second-order valence-electron chi connectivity index (χ2n) is 10.8. The van der Waals surface area contributed by atoms with E-state index in [1.165, 1.54) is 37.6 Å². The number of carbonyl (C=O) groups excluding carboxylic acids is 1. The van der Waals surface area contributed by atoms with E-state index in [-0.39, 0.29) is 5.97 Å². The van der Waals surface area contributed by atoms with E-state index in [1.54, 1.807) is 0 Å². The number of benzene rings is 1. The highest BCUT2D eigenvalue weighted by molar-refractivity contribution is 5.99. The van der Waals surface area contributed by atoms with Crippen LogP contribution in [0.5, 0.6) is 0 Å². The summed E-state index contributed by atoms with van der Waals surface area (Å²) in [7, 11) is 0. The Bertz CT molecular complexity index is 1150. The molecule has 1 aromatic carbocycles. The number of carbonyl (C=O) groups is 1. The fourth-order valence-electron chi connectivity index (χ4n) is 4.98. The summed E-state index contributed by atoms with van der Waals surface area (Å²) < 4.78 is 8.09. The molecule has 2 saturated carbocycles. The number of nitrogens with zero attached hydrogens (tertiary/aromatic N) is 2. The molecule has 0 atom stereocenters. The lowest BCUT2D eigenvalue weighted by molar-refractivity contribution is 0.00702. The van der Waals surface area contributed by atoms with Crippen molar-refractivity contribution in [3.63, 3.8) is 0 Å². The molecule has 1 N–H and O–H groups in total. The minimum Gasteiger partial charge on any atom is -0.456 e. The van der Waals surface area contributed by atoms with Crippen molar-refractivity contribution in [2.75, 3.05) is 5.32 Å². The Morgan fingerprint density at radius 2 is 1.91 bits per heavy atom. The summed E-state index contributed by atoms with van der Waals surface area (Å²) in [6.07, 6.45) is 13.2. The Morgan fingerprint density at radius 3 is 2.64 bits per heavy atom. The van der Waals surface area contributed by atoms with E-state index < -0.39 is 5.60 Å². The first-order valence-electron chi connectivity index (χ1n) is 12.5. The standard InChI is InChI=1S/C28H35N3O2/c1-28(2,3)33-27(32)23-16-21(20-12-13-20)17-29-26(23)30-24-10-7-11-25-22(24)14-15-31(25)18-19-8-5-4-6-9-19/h7,10-11,14-17,19-20H,4-6,8-9,12-13,18H2,1-3H3,(H,29,30). The van der Waals surface area contributed by atoms with Crippen molar-refractivity contribution in [3.8, 4) is 0 Å². The first kappa shape index (κ1) is 22.0. The maximum atomic E-state index is 13.0. The van der Waals surface area contributed by atoms with Crippen LogP contribution in [0.4, 0.5) is 11.5 Å². The van der Waals surface area contributed by atoms with E-state index in [9.17, 15) is 4.79 Å². The Morgan fingerprint density at radius 1 is 1.12 bits per heavy atom. The number of nitrogens with one attached hydrogen (secondary N) is 1. The number of rotatable bonds is 6. The van der Waals surface area contributed by atoms with Crippen molar-refractivity contribution in [1.82, 2.24) is 9.55 Å². The Kier molecular flexibility index (Phi) is 5.90. The smallest absolute Gasteiger partial charge is 0.342 e. The van der Waals surface area contributed by atoms with Crippen LogP contribution in [0.3, 0.4) is 0 Å². The first-order chi connectivity index (χ1) is 15.9. The van der Waals surface area contributed by atoms with Crippen LogP contribution >= 0.6 is 0 Å². The predicted octanol–water partition coefficient (Wildman–Crippen LogP) is 7.19. The molecular formula is C28H35N3O2. The maximum Gasteiger partial charge on any atom is 0.342 e. The van der Waals surface area contributed by atoms with Crippen molar-refractivity contribution in [3.05, 3.63) is 53.9 Å². The minimum absolute atomic E-state index is 0.331. The van der Waals surface area contributed by atoms with Gasteiger partial charge in [-0.1, -0.05) is 25.3 Å². The van der Waals surface area contributed by atoms with E-state index in [1.807, 2.05) is 33.0 Å². The SMILES string of the molecule is CC(C)(C)OC(=O)c1cc(C2CC2)cnc1Nc1cccc2c1ccn2CC1CCCCC1. The third-order valence-corrected chi connectivity index (χ3v) is 6.82. The molecule has 2 heterocycles. The predicted molar refractivity (Wildman–Crippen MR) is 133 cm³/mol. The molecule has 0 amide bonds. The molecule has 5 nitrogen and oxygen atoms in total. The summed E-state index contributed by atoms with van der Waals surface area (Å²) in [5, 5.41) is 4.61. The van der Waals surface area contributed by atoms with Crippen LogP contribution in [0, 0.1) is 5.92 Å². The molecule has 2 fully saturated rings. The van der Waals surface area contributed by atoms with E-state index in [2.05, 4.69) is 45.3 Å². The molecule has 3 aromatic rings. The molecule has 0 saturated heterocycles. The molecule has 5 rings (SSSR count). The molecule has 2 aliphatic rings. The molecule has 0 spiro atoms. The van der Waals surface area contributed by atoms with Crippen molar-refractivity contribution in [2.45, 2.75) is 83.8 Å². The van der Waals surface area contributed by atoms with Crippen LogP contribution in [0.15, 0.2) is 42.7 Å². The molecule has 0 aliphatic heterocycles. The fraction of sp³-hybridized carbons (Fsp3) is 0.500. The van der Waals surface area contributed by atoms with Gasteiger partial charge in [0.1, 0.15) is 17.0 Å². The number of esters is 1. The number of hydrogen-bond acceptors (Lipinski definition) is 4. The van der Waals surface area contributed by atoms with Crippen molar-refractivity contribution >= 4 is 28.4 Å². The van der Waals surface area contributed by atoms with Crippen LogP contribution in [-0.2, 0) is 11.3 Å². The molecule has 5 heteroatoms. The molecule has 0 unspecified atom stereocenters. The van der Waals surface area contributed by atoms with Crippen molar-refractivity contribution < 1.29 is 9.53 Å². The summed E-state index contributed by atoms with van der Waals surface area (Å²) in [5.41, 5.74) is 3.26. The fourth-order valence-corrected chi connectivity index (χ4v) is 4.98. The molecule has 2 aliphatic carbocycles. The summed E-state index contributed by atoms with van der Waals surface area (Å²) in [6.45, 7) is 6.76. The third kappa shape index (κ3) is 5.07. The molecular weight excluding hydrogens is 410 g/mol. The van der Waals surface area contributed by atoms with Gasteiger partial charge in [-0.25, -0.2) is 9.78 Å². The normalized spacial score (nSPS) is 17.3. The number of anilines is 2. The quantitative estimate of drug-likeness (QED) is 0.408. The number of ether oxygens (including phenoxy) is 1. The molecule has 2 aromatic heterocycles. The number of aromatic nitrogens is 2. The molecule has 0 bridgehead atoms. The van der Waals surface area contributed by atoms with E-state index in [0.717, 1.165) is 41.9 Å². The summed E-state index contributed by atoms with van der Waals surface area (Å²) in [4.78, 5) is 17.7. The zero-order valence-electron chi connectivity index (χ0n) is 20.1. The zero-order valence-corrected chi connectivity index (χ0v) is 20.1. The largest absolute Gasteiger partial charge is 0.456 e. The molecule has 33 heavy (non-hydrogen) atoms. The van der Waals surface area contributed by atoms with Gasteiger partial charge in [0.05, 0.1) is 5.52 Å². The summed E-state index contributed by atoms with van der Waals surface area (Å²) in [6, 6.07) is 10.5. The Balaban J connectivity index is 1.44.